The first-order valence-corrected chi connectivity index (χ1v) is 15.7. The number of aromatic amines is 1. The second-order valence-electron chi connectivity index (χ2n) is 12.9. The van der Waals surface area contributed by atoms with Gasteiger partial charge >= 0.3 is 0 Å². The number of ether oxygens (including phenoxy) is 1. The molecule has 1 N–H and O–H groups in total. The Morgan fingerprint density at radius 1 is 0.878 bits per heavy atom. The van der Waals surface area contributed by atoms with Crippen LogP contribution < -0.4 is 0 Å². The molecule has 4 aliphatic rings. The van der Waals surface area contributed by atoms with Crippen LogP contribution in [0.3, 0.4) is 0 Å². The Morgan fingerprint density at radius 2 is 1.59 bits per heavy atom. The summed E-state index contributed by atoms with van der Waals surface area (Å²) in [5.74, 6) is 0.607. The van der Waals surface area contributed by atoms with E-state index in [1.807, 2.05) is 0 Å². The van der Waals surface area contributed by atoms with Crippen LogP contribution >= 0.6 is 0 Å². The number of hydrogen-bond acceptors (Lipinski definition) is 3. The predicted molar refractivity (Wildman–Crippen MR) is 167 cm³/mol. The summed E-state index contributed by atoms with van der Waals surface area (Å²) in [7, 11) is 2.34. The SMILES string of the molecule is CN1C[C@H](CCN2C3CCC2CC(OC(c2ccccc2)c2ccccc2)C3)C=C2c3cccc4[nH]cc(c34)C[C@H]21. The minimum Gasteiger partial charge on any atom is -0.365 e. The largest absolute Gasteiger partial charge is 0.365 e. The molecule has 0 saturated carbocycles. The first-order valence-electron chi connectivity index (χ1n) is 15.7. The molecule has 2 unspecified atom stereocenters. The third-order valence-electron chi connectivity index (χ3n) is 10.5. The third-order valence-corrected chi connectivity index (χ3v) is 10.5. The fourth-order valence-corrected chi connectivity index (χ4v) is 8.54. The van der Waals surface area contributed by atoms with Crippen LogP contribution in [0.25, 0.3) is 16.5 Å². The van der Waals surface area contributed by atoms with Gasteiger partial charge in [0.2, 0.25) is 0 Å². The van der Waals surface area contributed by atoms with Gasteiger partial charge < -0.3 is 9.72 Å². The smallest absolute Gasteiger partial charge is 0.108 e. The highest BCUT2D eigenvalue weighted by Crippen LogP contribution is 2.43. The second kappa shape index (κ2) is 10.6. The number of likely N-dealkylation sites (N-methyl/N-ethyl adjacent to an activating group) is 1. The summed E-state index contributed by atoms with van der Waals surface area (Å²) in [5.41, 5.74) is 8.29. The van der Waals surface area contributed by atoms with Crippen LogP contribution in [0.15, 0.2) is 91.1 Å². The van der Waals surface area contributed by atoms with Crippen LogP contribution in [0.5, 0.6) is 0 Å². The Kier molecular flexibility index (Phi) is 6.59. The van der Waals surface area contributed by atoms with Gasteiger partial charge in [-0.1, -0.05) is 78.9 Å². The van der Waals surface area contributed by atoms with Crippen molar-refractivity contribution in [1.29, 1.82) is 0 Å². The Morgan fingerprint density at radius 3 is 2.29 bits per heavy atom. The van der Waals surface area contributed by atoms with Gasteiger partial charge in [0.15, 0.2) is 0 Å². The maximum atomic E-state index is 6.96. The van der Waals surface area contributed by atoms with Gasteiger partial charge in [-0.25, -0.2) is 0 Å². The van der Waals surface area contributed by atoms with E-state index >= 15 is 0 Å². The van der Waals surface area contributed by atoms with E-state index in [-0.39, 0.29) is 6.10 Å². The van der Waals surface area contributed by atoms with Crippen molar-refractivity contribution in [2.24, 2.45) is 5.92 Å². The Labute approximate surface area is 244 Å². The zero-order valence-corrected chi connectivity index (χ0v) is 24.1. The van der Waals surface area contributed by atoms with Crippen molar-refractivity contribution in [3.05, 3.63) is 113 Å². The van der Waals surface area contributed by atoms with E-state index in [0.29, 0.717) is 30.1 Å². The fraction of sp³-hybridized carbons (Fsp3) is 0.405. The van der Waals surface area contributed by atoms with E-state index < -0.39 is 0 Å². The number of benzene rings is 3. The van der Waals surface area contributed by atoms with E-state index in [2.05, 4.69) is 113 Å². The molecule has 2 bridgehead atoms. The summed E-state index contributed by atoms with van der Waals surface area (Å²) in [6, 6.07) is 30.2. The van der Waals surface area contributed by atoms with Crippen molar-refractivity contribution < 1.29 is 4.74 Å². The molecule has 4 atom stereocenters. The minimum absolute atomic E-state index is 0.00573. The molecule has 3 aromatic carbocycles. The monoisotopic (exact) mass is 543 g/mol. The van der Waals surface area contributed by atoms with Crippen molar-refractivity contribution in [3.8, 4) is 0 Å². The lowest BCUT2D eigenvalue weighted by Crippen LogP contribution is -2.47. The summed E-state index contributed by atoms with van der Waals surface area (Å²) in [5, 5.41) is 1.45. The van der Waals surface area contributed by atoms with Crippen LogP contribution in [0.2, 0.25) is 0 Å². The van der Waals surface area contributed by atoms with Crippen LogP contribution in [-0.4, -0.2) is 59.2 Å². The van der Waals surface area contributed by atoms with E-state index in [9.17, 15) is 0 Å². The zero-order valence-electron chi connectivity index (χ0n) is 24.1. The number of aromatic nitrogens is 1. The molecule has 41 heavy (non-hydrogen) atoms. The fourth-order valence-electron chi connectivity index (χ4n) is 8.54. The molecular weight excluding hydrogens is 502 g/mol. The summed E-state index contributed by atoms with van der Waals surface area (Å²) in [6.45, 7) is 2.37. The van der Waals surface area contributed by atoms with Crippen LogP contribution in [-0.2, 0) is 11.2 Å². The summed E-state index contributed by atoms with van der Waals surface area (Å²) < 4.78 is 6.96. The van der Waals surface area contributed by atoms with Gasteiger partial charge in [-0.2, -0.15) is 0 Å². The molecule has 2 saturated heterocycles. The lowest BCUT2D eigenvalue weighted by molar-refractivity contribution is -0.0489. The highest BCUT2D eigenvalue weighted by molar-refractivity contribution is 5.98. The highest BCUT2D eigenvalue weighted by atomic mass is 16.5. The Balaban J connectivity index is 0.959. The average Bonchev–Trinajstić information content (AvgIpc) is 3.53. The van der Waals surface area contributed by atoms with Crippen LogP contribution in [0, 0.1) is 5.92 Å². The Bertz CT molecular complexity index is 1490. The van der Waals surface area contributed by atoms with E-state index in [0.717, 1.165) is 25.8 Å². The second-order valence-corrected chi connectivity index (χ2v) is 12.9. The van der Waals surface area contributed by atoms with Gasteiger partial charge in [0.25, 0.3) is 0 Å². The molecule has 8 rings (SSSR count). The number of fused-ring (bicyclic) bond motifs is 4. The van der Waals surface area contributed by atoms with E-state index in [1.165, 1.54) is 59.0 Å². The molecule has 2 fully saturated rings. The zero-order chi connectivity index (χ0) is 27.3. The molecule has 0 spiro atoms. The van der Waals surface area contributed by atoms with Gasteiger partial charge in [0.1, 0.15) is 6.10 Å². The quantitative estimate of drug-likeness (QED) is 0.267. The lowest BCUT2D eigenvalue weighted by Gasteiger charge is -2.42. The molecule has 3 aliphatic heterocycles. The molecule has 0 amide bonds. The van der Waals surface area contributed by atoms with Gasteiger partial charge in [-0.3, -0.25) is 9.80 Å². The number of nitrogens with one attached hydrogen (secondary N) is 1. The van der Waals surface area contributed by atoms with Gasteiger partial charge in [0.05, 0.1) is 6.10 Å². The maximum absolute atomic E-state index is 6.96. The molecule has 210 valence electrons. The van der Waals surface area contributed by atoms with Crippen molar-refractivity contribution in [2.45, 2.75) is 68.9 Å². The van der Waals surface area contributed by atoms with Gasteiger partial charge in [-0.05, 0) is 91.9 Å². The van der Waals surface area contributed by atoms with Crippen molar-refractivity contribution in [2.75, 3.05) is 20.1 Å². The predicted octanol–water partition coefficient (Wildman–Crippen LogP) is 7.23. The topological polar surface area (TPSA) is 31.5 Å². The summed E-state index contributed by atoms with van der Waals surface area (Å²) >= 11 is 0. The molecular formula is C37H41N3O. The van der Waals surface area contributed by atoms with Crippen LogP contribution in [0.1, 0.15) is 60.5 Å². The highest BCUT2D eigenvalue weighted by Gasteiger charge is 2.42. The number of hydrogen-bond donors (Lipinski definition) is 1. The number of H-pyrrole nitrogens is 1. The molecule has 4 nitrogen and oxygen atoms in total. The third kappa shape index (κ3) is 4.67. The van der Waals surface area contributed by atoms with Crippen molar-refractivity contribution in [3.63, 3.8) is 0 Å². The average molecular weight is 544 g/mol. The van der Waals surface area contributed by atoms with Crippen molar-refractivity contribution in [1.82, 2.24) is 14.8 Å². The first-order chi connectivity index (χ1) is 20.2. The Hall–Kier alpha value is -3.18. The summed E-state index contributed by atoms with van der Waals surface area (Å²) in [6.07, 6.45) is 12.5. The number of rotatable bonds is 7. The molecule has 4 heteroatoms. The normalized spacial score (nSPS) is 27.8. The van der Waals surface area contributed by atoms with E-state index in [4.69, 9.17) is 4.74 Å². The molecule has 1 aromatic heterocycles. The minimum atomic E-state index is 0.00573. The number of piperidine rings is 1. The maximum Gasteiger partial charge on any atom is 0.108 e. The standard InChI is InChI=1S/C37H41N3O/c1-39-24-25(19-33-32-13-8-14-34-36(32)28(23-38-34)20-35(33)39)17-18-40-29-15-16-30(40)22-31(21-29)41-37(26-9-4-2-5-10-26)27-11-6-3-7-12-27/h2-14,19,23,25,29-31,35,37-38H,15-18,20-22,24H2,1H3/t25-,29?,30?,31?,35-/m1/s1. The lowest BCUT2D eigenvalue weighted by atomic mass is 9.79. The van der Waals surface area contributed by atoms with Gasteiger partial charge in [-0.15, -0.1) is 0 Å². The first kappa shape index (κ1) is 25.5. The summed E-state index contributed by atoms with van der Waals surface area (Å²) in [4.78, 5) is 8.99. The van der Waals surface area contributed by atoms with Crippen molar-refractivity contribution >= 4 is 16.5 Å². The van der Waals surface area contributed by atoms with Crippen LogP contribution in [0.4, 0.5) is 0 Å². The molecule has 4 heterocycles. The molecule has 0 radical (unpaired) electrons. The number of nitrogens with zero attached hydrogens (tertiary/aromatic N) is 2. The molecule has 4 aromatic rings. The van der Waals surface area contributed by atoms with E-state index in [1.54, 1.807) is 5.57 Å². The molecule has 1 aliphatic carbocycles. The van der Waals surface area contributed by atoms with Gasteiger partial charge in [0, 0.05) is 41.8 Å².